The molecular formula is C21H22N6O. The molecule has 0 radical (unpaired) electrons. The number of ether oxygens (including phenoxy) is 1. The number of anilines is 1. The molecule has 0 fully saturated rings. The molecule has 0 spiro atoms. The van der Waals surface area contributed by atoms with Crippen molar-refractivity contribution in [2.45, 2.75) is 12.5 Å². The molecule has 1 aromatic carbocycles. The average Bonchev–Trinajstić information content (AvgIpc) is 3.17. The van der Waals surface area contributed by atoms with E-state index < -0.39 is 0 Å². The third-order valence-electron chi connectivity index (χ3n) is 4.71. The molecule has 142 valence electrons. The predicted molar refractivity (Wildman–Crippen MR) is 107 cm³/mol. The normalized spacial score (nSPS) is 15.2. The van der Waals surface area contributed by atoms with Gasteiger partial charge in [0.25, 0.3) is 0 Å². The summed E-state index contributed by atoms with van der Waals surface area (Å²) in [7, 11) is 1.90. The molecule has 0 saturated carbocycles. The average molecular weight is 374 g/mol. The molecule has 1 aliphatic heterocycles. The molecule has 28 heavy (non-hydrogen) atoms. The number of aryl methyl sites for hydroxylation is 1. The highest BCUT2D eigenvalue weighted by atomic mass is 16.5. The number of benzene rings is 1. The van der Waals surface area contributed by atoms with Gasteiger partial charge in [0.2, 0.25) is 5.88 Å². The van der Waals surface area contributed by atoms with Crippen LogP contribution >= 0.6 is 0 Å². The van der Waals surface area contributed by atoms with Crippen LogP contribution in [-0.4, -0.2) is 40.5 Å². The number of nitriles is 1. The maximum absolute atomic E-state index is 8.97. The van der Waals surface area contributed by atoms with Crippen LogP contribution in [-0.2, 0) is 13.5 Å². The summed E-state index contributed by atoms with van der Waals surface area (Å²) >= 11 is 0. The zero-order valence-electron chi connectivity index (χ0n) is 15.7. The van der Waals surface area contributed by atoms with Gasteiger partial charge in [-0.3, -0.25) is 4.68 Å². The van der Waals surface area contributed by atoms with Crippen LogP contribution in [0.25, 0.3) is 11.1 Å². The Morgan fingerprint density at radius 1 is 1.32 bits per heavy atom. The smallest absolute Gasteiger partial charge is 0.237 e. The number of pyridine rings is 1. The van der Waals surface area contributed by atoms with Crippen molar-refractivity contribution in [3.05, 3.63) is 60.0 Å². The van der Waals surface area contributed by atoms with Crippen LogP contribution in [0.15, 0.2) is 48.9 Å². The van der Waals surface area contributed by atoms with Crippen LogP contribution in [0.3, 0.4) is 0 Å². The summed E-state index contributed by atoms with van der Waals surface area (Å²) < 4.78 is 7.79. The molecule has 1 aliphatic rings. The molecule has 2 aromatic heterocycles. The van der Waals surface area contributed by atoms with Crippen molar-refractivity contribution in [2.75, 3.05) is 25.0 Å². The Kier molecular flexibility index (Phi) is 5.22. The number of nitrogens with zero attached hydrogens (tertiary/aromatic N) is 4. The van der Waals surface area contributed by atoms with Crippen molar-refractivity contribution in [3.8, 4) is 23.1 Å². The maximum Gasteiger partial charge on any atom is 0.237 e. The van der Waals surface area contributed by atoms with Gasteiger partial charge in [0.05, 0.1) is 30.1 Å². The van der Waals surface area contributed by atoms with Gasteiger partial charge in [0.15, 0.2) is 0 Å². The van der Waals surface area contributed by atoms with Gasteiger partial charge in [-0.05, 0) is 36.7 Å². The minimum Gasteiger partial charge on any atom is -0.470 e. The van der Waals surface area contributed by atoms with E-state index in [2.05, 4.69) is 26.8 Å². The number of fused-ring (bicyclic) bond motifs is 1. The van der Waals surface area contributed by atoms with Crippen LogP contribution in [0, 0.1) is 11.3 Å². The van der Waals surface area contributed by atoms with Crippen LogP contribution in [0.1, 0.15) is 11.1 Å². The summed E-state index contributed by atoms with van der Waals surface area (Å²) in [6.07, 6.45) is 6.50. The summed E-state index contributed by atoms with van der Waals surface area (Å²) in [5, 5.41) is 20.0. The van der Waals surface area contributed by atoms with Gasteiger partial charge in [-0.15, -0.1) is 0 Å². The molecule has 0 saturated heterocycles. The summed E-state index contributed by atoms with van der Waals surface area (Å²) in [6.45, 7) is 2.29. The van der Waals surface area contributed by atoms with Crippen molar-refractivity contribution in [3.63, 3.8) is 0 Å². The Hall–Kier alpha value is -3.37. The lowest BCUT2D eigenvalue weighted by molar-refractivity contribution is 0.194. The third-order valence-corrected chi connectivity index (χ3v) is 4.71. The van der Waals surface area contributed by atoms with E-state index in [9.17, 15) is 0 Å². The summed E-state index contributed by atoms with van der Waals surface area (Å²) in [6, 6.07) is 11.9. The molecule has 0 bridgehead atoms. The number of aromatic nitrogens is 3. The van der Waals surface area contributed by atoms with Crippen molar-refractivity contribution < 1.29 is 4.74 Å². The molecule has 1 unspecified atom stereocenters. The highest BCUT2D eigenvalue weighted by Crippen LogP contribution is 2.30. The van der Waals surface area contributed by atoms with E-state index in [1.54, 1.807) is 4.68 Å². The summed E-state index contributed by atoms with van der Waals surface area (Å²) in [4.78, 5) is 4.47. The highest BCUT2D eigenvalue weighted by Gasteiger charge is 2.20. The van der Waals surface area contributed by atoms with E-state index in [0.717, 1.165) is 48.4 Å². The van der Waals surface area contributed by atoms with Crippen molar-refractivity contribution in [1.82, 2.24) is 20.1 Å². The second-order valence-corrected chi connectivity index (χ2v) is 6.87. The fraction of sp³-hybridized carbons (Fsp3) is 0.286. The van der Waals surface area contributed by atoms with Crippen molar-refractivity contribution >= 4 is 5.69 Å². The Labute approximate surface area is 164 Å². The highest BCUT2D eigenvalue weighted by molar-refractivity contribution is 5.69. The van der Waals surface area contributed by atoms with E-state index in [4.69, 9.17) is 10.00 Å². The van der Waals surface area contributed by atoms with Gasteiger partial charge < -0.3 is 15.4 Å². The van der Waals surface area contributed by atoms with Gasteiger partial charge in [0, 0.05) is 37.1 Å². The zero-order valence-corrected chi connectivity index (χ0v) is 15.7. The maximum atomic E-state index is 8.97. The van der Waals surface area contributed by atoms with Crippen molar-refractivity contribution in [1.29, 1.82) is 5.26 Å². The first-order valence-electron chi connectivity index (χ1n) is 9.30. The minimum atomic E-state index is 0.0229. The Balaban J connectivity index is 1.29. The molecule has 1 atom stereocenters. The molecule has 7 nitrogen and oxygen atoms in total. The fourth-order valence-electron chi connectivity index (χ4n) is 3.23. The van der Waals surface area contributed by atoms with Gasteiger partial charge in [0.1, 0.15) is 6.10 Å². The Bertz CT molecular complexity index is 1010. The van der Waals surface area contributed by atoms with Crippen LogP contribution < -0.4 is 15.4 Å². The molecule has 0 amide bonds. The molecule has 2 N–H and O–H groups in total. The van der Waals surface area contributed by atoms with E-state index in [1.165, 1.54) is 0 Å². The second kappa shape index (κ2) is 8.11. The molecule has 3 aromatic rings. The largest absolute Gasteiger partial charge is 0.470 e. The monoisotopic (exact) mass is 374 g/mol. The van der Waals surface area contributed by atoms with E-state index in [0.29, 0.717) is 11.4 Å². The van der Waals surface area contributed by atoms with E-state index in [-0.39, 0.29) is 6.10 Å². The first-order valence-corrected chi connectivity index (χ1v) is 9.30. The predicted octanol–water partition coefficient (Wildman–Crippen LogP) is 2.36. The zero-order chi connectivity index (χ0) is 19.3. The number of hydrogen-bond donors (Lipinski definition) is 2. The lowest BCUT2D eigenvalue weighted by Crippen LogP contribution is -2.40. The van der Waals surface area contributed by atoms with Gasteiger partial charge >= 0.3 is 0 Å². The standard InChI is InChI=1S/C21H22N6O/c1-27-14-18(11-26-27)17-8-20-21(25-10-17)28-19(13-24-20)12-23-6-5-15-3-2-4-16(7-15)9-22/h2-4,7-8,10-11,14,19,23-24H,5-6,12-13H2,1H3. The Morgan fingerprint density at radius 2 is 2.25 bits per heavy atom. The minimum absolute atomic E-state index is 0.0229. The third kappa shape index (κ3) is 4.13. The lowest BCUT2D eigenvalue weighted by atomic mass is 10.1. The van der Waals surface area contributed by atoms with Gasteiger partial charge in [-0.25, -0.2) is 4.98 Å². The number of nitrogens with one attached hydrogen (secondary N) is 2. The SMILES string of the molecule is Cn1cc(-c2cnc3c(c2)NCC(CNCCc2cccc(C#N)c2)O3)cn1. The molecule has 7 heteroatoms. The van der Waals surface area contributed by atoms with E-state index in [1.807, 2.05) is 56.0 Å². The van der Waals surface area contributed by atoms with Gasteiger partial charge in [-0.1, -0.05) is 12.1 Å². The van der Waals surface area contributed by atoms with Crippen LogP contribution in [0.4, 0.5) is 5.69 Å². The topological polar surface area (TPSA) is 87.8 Å². The van der Waals surface area contributed by atoms with Crippen LogP contribution in [0.5, 0.6) is 5.88 Å². The van der Waals surface area contributed by atoms with Gasteiger partial charge in [-0.2, -0.15) is 10.4 Å². The molecule has 0 aliphatic carbocycles. The first-order chi connectivity index (χ1) is 13.7. The Morgan fingerprint density at radius 3 is 3.07 bits per heavy atom. The number of hydrogen-bond acceptors (Lipinski definition) is 6. The van der Waals surface area contributed by atoms with E-state index >= 15 is 0 Å². The quantitative estimate of drug-likeness (QED) is 0.644. The fourth-order valence-corrected chi connectivity index (χ4v) is 3.23. The summed E-state index contributed by atoms with van der Waals surface area (Å²) in [5.41, 5.74) is 4.81. The molecular weight excluding hydrogens is 352 g/mol. The lowest BCUT2D eigenvalue weighted by Gasteiger charge is -2.27. The first kappa shape index (κ1) is 18.0. The van der Waals surface area contributed by atoms with Crippen molar-refractivity contribution in [2.24, 2.45) is 7.05 Å². The second-order valence-electron chi connectivity index (χ2n) is 6.87. The van der Waals surface area contributed by atoms with Crippen LogP contribution in [0.2, 0.25) is 0 Å². The molecule has 3 heterocycles. The summed E-state index contributed by atoms with van der Waals surface area (Å²) in [5.74, 6) is 0.632. The molecule has 4 rings (SSSR count). The number of rotatable bonds is 6.